The topological polar surface area (TPSA) is 46.5 Å². The van der Waals surface area contributed by atoms with E-state index in [9.17, 15) is 9.46 Å². The summed E-state index contributed by atoms with van der Waals surface area (Å²) >= 11 is 0. The molecule has 0 aromatic rings. The summed E-state index contributed by atoms with van der Waals surface area (Å²) in [5, 5.41) is 0. The highest BCUT2D eigenvalue weighted by atomic mass is 31.2. The standard InChI is InChI=1S/C29H60NO3P/c1-6-8-9-10-11-12-13-14-15-16-17-18-19-20-21-22-23-24-25-26-27-28-33-34(31,32)29(7-2)30(3,4)5/h12-13,29H,6-11,14-28H2,1-5H3/p+1. The third-order valence-electron chi connectivity index (χ3n) is 6.82. The average Bonchev–Trinajstić information content (AvgIpc) is 2.76. The third kappa shape index (κ3) is 20.1. The van der Waals surface area contributed by atoms with E-state index in [1.54, 1.807) is 0 Å². The van der Waals surface area contributed by atoms with Crippen LogP contribution in [0, 0.1) is 0 Å². The van der Waals surface area contributed by atoms with Crippen LogP contribution in [-0.4, -0.2) is 42.9 Å². The van der Waals surface area contributed by atoms with Crippen molar-refractivity contribution in [3.63, 3.8) is 0 Å². The molecule has 5 heteroatoms. The molecule has 0 aromatic carbocycles. The molecule has 34 heavy (non-hydrogen) atoms. The lowest BCUT2D eigenvalue weighted by Gasteiger charge is -2.35. The van der Waals surface area contributed by atoms with Gasteiger partial charge in [0.1, 0.15) is 0 Å². The van der Waals surface area contributed by atoms with Gasteiger partial charge in [-0.25, -0.2) is 0 Å². The molecule has 0 radical (unpaired) electrons. The summed E-state index contributed by atoms with van der Waals surface area (Å²) in [5.74, 6) is -0.348. The zero-order valence-corrected chi connectivity index (χ0v) is 24.6. The van der Waals surface area contributed by atoms with Crippen molar-refractivity contribution >= 4 is 7.60 Å². The summed E-state index contributed by atoms with van der Waals surface area (Å²) in [7, 11) is 2.31. The maximum absolute atomic E-state index is 12.5. The van der Waals surface area contributed by atoms with Crippen LogP contribution in [0.5, 0.6) is 0 Å². The number of hydrogen-bond donors (Lipinski definition) is 1. The lowest BCUT2D eigenvalue weighted by Crippen LogP contribution is -2.44. The smallest absolute Gasteiger partial charge is 0.320 e. The Balaban J connectivity index is 3.39. The first-order valence-corrected chi connectivity index (χ1v) is 16.3. The van der Waals surface area contributed by atoms with Crippen LogP contribution in [0.2, 0.25) is 0 Å². The number of nitrogens with zero attached hydrogens (tertiary/aromatic N) is 1. The Morgan fingerprint density at radius 2 is 1.06 bits per heavy atom. The summed E-state index contributed by atoms with van der Waals surface area (Å²) in [4.78, 5) is 10.3. The Morgan fingerprint density at radius 3 is 1.44 bits per heavy atom. The molecule has 4 nitrogen and oxygen atoms in total. The molecule has 0 rings (SSSR count). The van der Waals surface area contributed by atoms with Gasteiger partial charge in [-0.15, -0.1) is 0 Å². The summed E-state index contributed by atoms with van der Waals surface area (Å²) in [6.45, 7) is 4.63. The van der Waals surface area contributed by atoms with Gasteiger partial charge in [0.25, 0.3) is 0 Å². The molecule has 1 N–H and O–H groups in total. The van der Waals surface area contributed by atoms with Crippen molar-refractivity contribution in [3.8, 4) is 0 Å². The van der Waals surface area contributed by atoms with Crippen molar-refractivity contribution < 1.29 is 18.5 Å². The molecule has 0 spiro atoms. The maximum Gasteiger partial charge on any atom is 0.385 e. The van der Waals surface area contributed by atoms with Crippen LogP contribution in [0.1, 0.15) is 142 Å². The van der Waals surface area contributed by atoms with E-state index >= 15 is 0 Å². The predicted molar refractivity (Wildman–Crippen MR) is 150 cm³/mol. The first kappa shape index (κ1) is 33.8. The molecule has 0 saturated carbocycles. The van der Waals surface area contributed by atoms with Crippen molar-refractivity contribution in [2.45, 2.75) is 148 Å². The lowest BCUT2D eigenvalue weighted by atomic mass is 10.0. The van der Waals surface area contributed by atoms with E-state index in [2.05, 4.69) is 19.1 Å². The highest BCUT2D eigenvalue weighted by Crippen LogP contribution is 2.51. The van der Waals surface area contributed by atoms with Crippen LogP contribution in [-0.2, 0) is 9.09 Å². The van der Waals surface area contributed by atoms with Gasteiger partial charge in [0.15, 0.2) is 5.78 Å². The molecule has 0 bridgehead atoms. The number of hydrogen-bond acceptors (Lipinski definition) is 2. The molecule has 2 atom stereocenters. The van der Waals surface area contributed by atoms with Crippen LogP contribution in [0.25, 0.3) is 0 Å². The SMILES string of the molecule is CCCCCCC=CCCCCCCCCCCCCCCCOP(=O)(O)C(CC)[N+](C)(C)C. The molecular formula is C29H61NO3P+. The van der Waals surface area contributed by atoms with Crippen LogP contribution in [0.3, 0.4) is 0 Å². The van der Waals surface area contributed by atoms with E-state index in [-0.39, 0.29) is 5.78 Å². The highest BCUT2D eigenvalue weighted by Gasteiger charge is 2.41. The van der Waals surface area contributed by atoms with Gasteiger partial charge in [-0.3, -0.25) is 4.57 Å². The second-order valence-electron chi connectivity index (χ2n) is 11.1. The van der Waals surface area contributed by atoms with E-state index in [4.69, 9.17) is 4.52 Å². The molecule has 204 valence electrons. The Bertz CT molecular complexity index is 516. The van der Waals surface area contributed by atoms with Crippen molar-refractivity contribution in [2.24, 2.45) is 0 Å². The summed E-state index contributed by atoms with van der Waals surface area (Å²) in [6.07, 6.45) is 30.3. The van der Waals surface area contributed by atoms with Gasteiger partial charge in [0.2, 0.25) is 0 Å². The van der Waals surface area contributed by atoms with E-state index in [0.29, 0.717) is 17.5 Å². The Labute approximate surface area is 214 Å². The number of rotatable bonds is 25. The Kier molecular flexibility index (Phi) is 22.0. The zero-order valence-electron chi connectivity index (χ0n) is 23.7. The fourth-order valence-corrected chi connectivity index (χ4v) is 6.63. The molecule has 0 aliphatic heterocycles. The first-order valence-electron chi connectivity index (χ1n) is 14.7. The highest BCUT2D eigenvalue weighted by molar-refractivity contribution is 7.53. The predicted octanol–water partition coefficient (Wildman–Crippen LogP) is 9.62. The average molecular weight is 503 g/mol. The molecule has 0 aromatic heterocycles. The van der Waals surface area contributed by atoms with Crippen molar-refractivity contribution in [3.05, 3.63) is 12.2 Å². The minimum absolute atomic E-state index is 0.348. The number of allylic oxidation sites excluding steroid dienone is 2. The molecular weight excluding hydrogens is 441 g/mol. The van der Waals surface area contributed by atoms with Gasteiger partial charge in [-0.05, 0) is 32.1 Å². The van der Waals surface area contributed by atoms with Gasteiger partial charge in [0, 0.05) is 6.42 Å². The van der Waals surface area contributed by atoms with Gasteiger partial charge < -0.3 is 13.9 Å². The fourth-order valence-electron chi connectivity index (χ4n) is 4.73. The van der Waals surface area contributed by atoms with E-state index in [1.165, 1.54) is 109 Å². The number of unbranched alkanes of at least 4 members (excludes halogenated alkanes) is 17. The van der Waals surface area contributed by atoms with Gasteiger partial charge in [0.05, 0.1) is 27.7 Å². The van der Waals surface area contributed by atoms with E-state index < -0.39 is 7.60 Å². The van der Waals surface area contributed by atoms with Gasteiger partial charge >= 0.3 is 7.60 Å². The Morgan fingerprint density at radius 1 is 0.676 bits per heavy atom. The van der Waals surface area contributed by atoms with E-state index in [0.717, 1.165) is 12.8 Å². The molecule has 0 aliphatic carbocycles. The Hall–Kier alpha value is -0.150. The molecule has 0 amide bonds. The largest absolute Gasteiger partial charge is 0.385 e. The first-order chi connectivity index (χ1) is 16.3. The minimum Gasteiger partial charge on any atom is -0.320 e. The van der Waals surface area contributed by atoms with Crippen LogP contribution in [0.4, 0.5) is 0 Å². The second-order valence-corrected chi connectivity index (χ2v) is 13.1. The second kappa shape index (κ2) is 22.1. The van der Waals surface area contributed by atoms with Crippen molar-refractivity contribution in [1.29, 1.82) is 0 Å². The van der Waals surface area contributed by atoms with Gasteiger partial charge in [-0.1, -0.05) is 116 Å². The zero-order chi connectivity index (χ0) is 25.5. The van der Waals surface area contributed by atoms with Crippen LogP contribution < -0.4 is 0 Å². The van der Waals surface area contributed by atoms with Crippen molar-refractivity contribution in [1.82, 2.24) is 0 Å². The summed E-state index contributed by atoms with van der Waals surface area (Å²) < 4.78 is 18.4. The number of quaternary nitrogens is 1. The maximum atomic E-state index is 12.5. The molecule has 0 fully saturated rings. The minimum atomic E-state index is -3.55. The monoisotopic (exact) mass is 502 g/mol. The lowest BCUT2D eigenvalue weighted by molar-refractivity contribution is -0.883. The van der Waals surface area contributed by atoms with Crippen LogP contribution in [0.15, 0.2) is 12.2 Å². The van der Waals surface area contributed by atoms with Crippen LogP contribution >= 0.6 is 7.60 Å². The molecule has 0 saturated heterocycles. The quantitative estimate of drug-likeness (QED) is 0.0585. The molecule has 0 heterocycles. The molecule has 0 aliphatic rings. The summed E-state index contributed by atoms with van der Waals surface area (Å²) in [6, 6.07) is 0. The van der Waals surface area contributed by atoms with Crippen molar-refractivity contribution in [2.75, 3.05) is 27.7 Å². The molecule has 2 unspecified atom stereocenters. The van der Waals surface area contributed by atoms with Gasteiger partial charge in [-0.2, -0.15) is 0 Å². The normalized spacial score (nSPS) is 15.1. The fraction of sp³-hybridized carbons (Fsp3) is 0.931. The van der Waals surface area contributed by atoms with E-state index in [1.807, 2.05) is 28.1 Å². The third-order valence-corrected chi connectivity index (χ3v) is 9.18. The summed E-state index contributed by atoms with van der Waals surface area (Å²) in [5.41, 5.74) is 0.